The lowest BCUT2D eigenvalue weighted by atomic mass is 10.2. The van der Waals surface area contributed by atoms with Crippen molar-refractivity contribution in [3.8, 4) is 18.4 Å². The van der Waals surface area contributed by atoms with Crippen LogP contribution >= 0.6 is 0 Å². The van der Waals surface area contributed by atoms with Gasteiger partial charge in [0.15, 0.2) is 0 Å². The molecule has 1 heterocycles. The van der Waals surface area contributed by atoms with E-state index >= 15 is 0 Å². The van der Waals surface area contributed by atoms with E-state index in [9.17, 15) is 13.2 Å². The molecule has 0 aliphatic heterocycles. The monoisotopic (exact) mass is 212 g/mol. The second-order valence-corrected chi connectivity index (χ2v) is 2.90. The summed E-state index contributed by atoms with van der Waals surface area (Å²) >= 11 is 0. The van der Waals surface area contributed by atoms with Gasteiger partial charge in [0.2, 0.25) is 0 Å². The summed E-state index contributed by atoms with van der Waals surface area (Å²) in [6.07, 6.45) is 1.71. The van der Waals surface area contributed by atoms with Crippen molar-refractivity contribution in [3.63, 3.8) is 0 Å². The van der Waals surface area contributed by atoms with E-state index in [0.717, 1.165) is 10.6 Å². The smallest absolute Gasteiger partial charge is 0.332 e. The number of hydrogen-bond acceptors (Lipinski definition) is 1. The molecule has 0 atom stereocenters. The van der Waals surface area contributed by atoms with Gasteiger partial charge in [-0.15, -0.1) is 6.42 Å². The van der Waals surface area contributed by atoms with Gasteiger partial charge in [-0.2, -0.15) is 18.4 Å². The van der Waals surface area contributed by atoms with Crippen molar-refractivity contribution >= 4 is 0 Å². The van der Waals surface area contributed by atoms with E-state index in [0.29, 0.717) is 5.56 Å². The summed E-state index contributed by atoms with van der Waals surface area (Å²) in [5, 5.41) is 8.37. The summed E-state index contributed by atoms with van der Waals surface area (Å²) < 4.78 is 38.3. The van der Waals surface area contributed by atoms with Gasteiger partial charge in [0.05, 0.1) is 19.0 Å². The molecule has 2 nitrogen and oxygen atoms in total. The van der Waals surface area contributed by atoms with Crippen LogP contribution in [0.5, 0.6) is 0 Å². The quantitative estimate of drug-likeness (QED) is 0.691. The Morgan fingerprint density at radius 3 is 2.60 bits per heavy atom. The van der Waals surface area contributed by atoms with Gasteiger partial charge in [0, 0.05) is 6.20 Å². The van der Waals surface area contributed by atoms with Crippen LogP contribution in [0.1, 0.15) is 11.3 Å². The zero-order chi connectivity index (χ0) is 11.5. The first-order valence-electron chi connectivity index (χ1n) is 4.05. The lowest BCUT2D eigenvalue weighted by Crippen LogP contribution is -2.12. The highest BCUT2D eigenvalue weighted by atomic mass is 19.4. The first-order chi connectivity index (χ1) is 6.99. The minimum atomic E-state index is -4.44. The average Bonchev–Trinajstić information content (AvgIpc) is 2.49. The molecule has 5 heteroatoms. The van der Waals surface area contributed by atoms with E-state index in [4.69, 9.17) is 11.7 Å². The summed E-state index contributed by atoms with van der Waals surface area (Å²) in [6.45, 7) is -0.153. The molecular weight excluding hydrogens is 205 g/mol. The predicted molar refractivity (Wildman–Crippen MR) is 47.6 cm³/mol. The van der Waals surface area contributed by atoms with Gasteiger partial charge < -0.3 is 4.57 Å². The third-order valence-corrected chi connectivity index (χ3v) is 1.79. The third kappa shape index (κ3) is 2.54. The number of halogens is 3. The molecule has 0 unspecified atom stereocenters. The SMILES string of the molecule is C#CCn1cc(CC#N)cc1C(F)(F)F. The molecule has 0 N–H and O–H groups in total. The fraction of sp³-hybridized carbons (Fsp3) is 0.300. The van der Waals surface area contributed by atoms with Crippen LogP contribution in [0.4, 0.5) is 13.2 Å². The predicted octanol–water partition coefficient (Wildman–Crippen LogP) is 2.21. The molecule has 0 aromatic carbocycles. The zero-order valence-corrected chi connectivity index (χ0v) is 7.67. The molecule has 0 radical (unpaired) electrons. The molecule has 1 aromatic rings. The number of nitrogens with zero attached hydrogens (tertiary/aromatic N) is 2. The van der Waals surface area contributed by atoms with Crippen molar-refractivity contribution in [2.45, 2.75) is 19.1 Å². The molecule has 78 valence electrons. The Hall–Kier alpha value is -1.88. The number of aromatic nitrogens is 1. The number of alkyl halides is 3. The molecule has 0 aliphatic carbocycles. The van der Waals surface area contributed by atoms with E-state index in [-0.39, 0.29) is 13.0 Å². The number of rotatable bonds is 2. The van der Waals surface area contributed by atoms with E-state index < -0.39 is 11.9 Å². The van der Waals surface area contributed by atoms with Crippen molar-refractivity contribution in [3.05, 3.63) is 23.5 Å². The minimum absolute atomic E-state index is 0.0549. The van der Waals surface area contributed by atoms with Gasteiger partial charge in [-0.05, 0) is 11.6 Å². The maximum atomic E-state index is 12.5. The van der Waals surface area contributed by atoms with Crippen LogP contribution in [0.2, 0.25) is 0 Å². The molecule has 0 bridgehead atoms. The van der Waals surface area contributed by atoms with Crippen molar-refractivity contribution in [1.82, 2.24) is 4.57 Å². The second kappa shape index (κ2) is 4.10. The first-order valence-corrected chi connectivity index (χ1v) is 4.05. The fourth-order valence-electron chi connectivity index (χ4n) is 1.23. The van der Waals surface area contributed by atoms with Crippen molar-refractivity contribution in [1.29, 1.82) is 5.26 Å². The Labute approximate surface area is 84.9 Å². The molecule has 0 fully saturated rings. The molecule has 0 aliphatic rings. The Morgan fingerprint density at radius 2 is 2.13 bits per heavy atom. The standard InChI is InChI=1S/C10H7F3N2/c1-2-5-15-7-8(3-4-14)6-9(15)10(11,12)13/h1,6-7H,3,5H2. The van der Waals surface area contributed by atoms with Crippen LogP contribution < -0.4 is 0 Å². The van der Waals surface area contributed by atoms with Crippen molar-refractivity contribution in [2.24, 2.45) is 0 Å². The second-order valence-electron chi connectivity index (χ2n) is 2.90. The van der Waals surface area contributed by atoms with Gasteiger partial charge in [0.1, 0.15) is 5.69 Å². The maximum Gasteiger partial charge on any atom is 0.431 e. The van der Waals surface area contributed by atoms with Gasteiger partial charge in [-0.1, -0.05) is 5.92 Å². The van der Waals surface area contributed by atoms with E-state index in [1.807, 2.05) is 0 Å². The molecule has 15 heavy (non-hydrogen) atoms. The summed E-state index contributed by atoms with van der Waals surface area (Å²) in [4.78, 5) is 0. The molecular formula is C10H7F3N2. The largest absolute Gasteiger partial charge is 0.431 e. The Morgan fingerprint density at radius 1 is 1.47 bits per heavy atom. The van der Waals surface area contributed by atoms with E-state index in [1.165, 1.54) is 6.20 Å². The molecule has 0 saturated heterocycles. The van der Waals surface area contributed by atoms with E-state index in [1.54, 1.807) is 6.07 Å². The van der Waals surface area contributed by atoms with E-state index in [2.05, 4.69) is 5.92 Å². The first kappa shape index (κ1) is 11.2. The normalized spacial score (nSPS) is 10.7. The number of terminal acetylenes is 1. The highest BCUT2D eigenvalue weighted by Crippen LogP contribution is 2.30. The lowest BCUT2D eigenvalue weighted by molar-refractivity contribution is -0.143. The van der Waals surface area contributed by atoms with Crippen LogP contribution in [0.15, 0.2) is 12.3 Å². The average molecular weight is 212 g/mol. The van der Waals surface area contributed by atoms with Gasteiger partial charge >= 0.3 is 6.18 Å². The lowest BCUT2D eigenvalue weighted by Gasteiger charge is -2.08. The third-order valence-electron chi connectivity index (χ3n) is 1.79. The van der Waals surface area contributed by atoms with Crippen molar-refractivity contribution in [2.75, 3.05) is 0 Å². The van der Waals surface area contributed by atoms with Gasteiger partial charge in [-0.3, -0.25) is 0 Å². The summed E-state index contributed by atoms with van der Waals surface area (Å²) in [5.74, 6) is 2.13. The van der Waals surface area contributed by atoms with Crippen LogP contribution in [0, 0.1) is 23.7 Å². The Bertz CT molecular complexity index is 429. The van der Waals surface area contributed by atoms with Gasteiger partial charge in [-0.25, -0.2) is 0 Å². The summed E-state index contributed by atoms with van der Waals surface area (Å²) in [5.41, 5.74) is -0.495. The Balaban J connectivity index is 3.14. The molecule has 1 rings (SSSR count). The summed E-state index contributed by atoms with van der Waals surface area (Å²) in [7, 11) is 0. The van der Waals surface area contributed by atoms with Crippen molar-refractivity contribution < 1.29 is 13.2 Å². The maximum absolute atomic E-state index is 12.5. The number of nitriles is 1. The summed E-state index contributed by atoms with van der Waals surface area (Å²) in [6, 6.07) is 2.73. The van der Waals surface area contributed by atoms with Crippen LogP contribution in [-0.2, 0) is 19.1 Å². The van der Waals surface area contributed by atoms with Crippen LogP contribution in [0.25, 0.3) is 0 Å². The highest BCUT2D eigenvalue weighted by molar-refractivity contribution is 5.24. The molecule has 1 aromatic heterocycles. The number of hydrogen-bond donors (Lipinski definition) is 0. The molecule has 0 amide bonds. The zero-order valence-electron chi connectivity index (χ0n) is 7.67. The Kier molecular flexibility index (Phi) is 3.06. The molecule has 0 saturated carbocycles. The molecule has 0 spiro atoms. The van der Waals surface area contributed by atoms with Crippen LogP contribution in [-0.4, -0.2) is 4.57 Å². The minimum Gasteiger partial charge on any atom is -0.332 e. The topological polar surface area (TPSA) is 28.7 Å². The van der Waals surface area contributed by atoms with Gasteiger partial charge in [0.25, 0.3) is 0 Å². The fourth-order valence-corrected chi connectivity index (χ4v) is 1.23. The van der Waals surface area contributed by atoms with Crippen LogP contribution in [0.3, 0.4) is 0 Å². The highest BCUT2D eigenvalue weighted by Gasteiger charge is 2.34.